The van der Waals surface area contributed by atoms with Crippen LogP contribution in [-0.4, -0.2) is 54.6 Å². The van der Waals surface area contributed by atoms with E-state index in [1.54, 1.807) is 32.9 Å². The van der Waals surface area contributed by atoms with E-state index in [1.165, 1.54) is 0 Å². The van der Waals surface area contributed by atoms with Gasteiger partial charge in [0, 0.05) is 37.5 Å². The Kier molecular flexibility index (Phi) is 8.37. The van der Waals surface area contributed by atoms with Gasteiger partial charge >= 0.3 is 6.09 Å². The third kappa shape index (κ3) is 7.97. The number of carbonyl (C=O) groups is 3. The largest absolute Gasteiger partial charge is 0.444 e. The van der Waals surface area contributed by atoms with Crippen LogP contribution in [0.2, 0.25) is 0 Å². The molecule has 1 fully saturated rings. The summed E-state index contributed by atoms with van der Waals surface area (Å²) >= 11 is 4.31. The van der Waals surface area contributed by atoms with Crippen molar-refractivity contribution in [3.63, 3.8) is 0 Å². The summed E-state index contributed by atoms with van der Waals surface area (Å²) in [6.45, 7) is 7.55. The number of hydrogen-bond donors (Lipinski definition) is 3. The van der Waals surface area contributed by atoms with Crippen molar-refractivity contribution < 1.29 is 19.1 Å². The molecule has 2 rings (SSSR count). The topological polar surface area (TPSA) is 87.7 Å². The summed E-state index contributed by atoms with van der Waals surface area (Å²) in [7, 11) is 0. The predicted octanol–water partition coefficient (Wildman–Crippen LogP) is 2.86. The average Bonchev–Trinajstić information content (AvgIpc) is 2.65. The summed E-state index contributed by atoms with van der Waals surface area (Å²) in [4.78, 5) is 38.7. The number of ether oxygens (including phenoxy) is 1. The third-order valence-corrected chi connectivity index (χ3v) is 5.06. The molecule has 8 heteroatoms. The lowest BCUT2D eigenvalue weighted by Gasteiger charge is -2.32. The zero-order valence-corrected chi connectivity index (χ0v) is 18.3. The highest BCUT2D eigenvalue weighted by Crippen LogP contribution is 2.18. The van der Waals surface area contributed by atoms with Gasteiger partial charge < -0.3 is 20.3 Å². The Bertz CT molecular complexity index is 725. The minimum absolute atomic E-state index is 0.0209. The number of likely N-dealkylation sites (tertiary alicyclic amines) is 1. The summed E-state index contributed by atoms with van der Waals surface area (Å²) in [5.74, 6) is 0.241. The number of alkyl carbamates (subject to hydrolysis) is 1. The van der Waals surface area contributed by atoms with Crippen molar-refractivity contribution in [2.75, 3.05) is 26.2 Å². The summed E-state index contributed by atoms with van der Waals surface area (Å²) in [5.41, 5.74) is 0.0151. The first-order valence-corrected chi connectivity index (χ1v) is 10.4. The van der Waals surface area contributed by atoms with Gasteiger partial charge in [0.05, 0.1) is 5.56 Å². The highest BCUT2D eigenvalue weighted by Gasteiger charge is 2.23. The number of thiol groups is 1. The molecule has 1 aliphatic rings. The van der Waals surface area contributed by atoms with Crippen molar-refractivity contribution in [1.82, 2.24) is 15.5 Å². The Morgan fingerprint density at radius 1 is 1.14 bits per heavy atom. The van der Waals surface area contributed by atoms with E-state index in [1.807, 2.05) is 17.0 Å². The molecule has 0 aliphatic carbocycles. The molecule has 29 heavy (non-hydrogen) atoms. The van der Waals surface area contributed by atoms with E-state index in [9.17, 15) is 14.4 Å². The molecule has 0 saturated carbocycles. The molecule has 0 radical (unpaired) electrons. The predicted molar refractivity (Wildman–Crippen MR) is 114 cm³/mol. The number of benzene rings is 1. The SMILES string of the molecule is CC(C)(C)OC(=O)NCCC(=O)N1CCC(CNC(=O)c2ccccc2S)CC1. The number of hydrogen-bond acceptors (Lipinski definition) is 5. The van der Waals surface area contributed by atoms with Gasteiger partial charge in [-0.2, -0.15) is 0 Å². The fourth-order valence-electron chi connectivity index (χ4n) is 3.13. The first-order chi connectivity index (χ1) is 13.7. The Labute approximate surface area is 178 Å². The fourth-order valence-corrected chi connectivity index (χ4v) is 3.39. The maximum Gasteiger partial charge on any atom is 0.407 e. The van der Waals surface area contributed by atoms with Crippen molar-refractivity contribution in [3.05, 3.63) is 29.8 Å². The molecule has 0 unspecified atom stereocenters. The number of amides is 3. The number of rotatable bonds is 6. The van der Waals surface area contributed by atoms with Crippen molar-refractivity contribution in [3.8, 4) is 0 Å². The van der Waals surface area contributed by atoms with Crippen LogP contribution in [0.25, 0.3) is 0 Å². The summed E-state index contributed by atoms with van der Waals surface area (Å²) in [5, 5.41) is 5.57. The average molecular weight is 422 g/mol. The first-order valence-electron chi connectivity index (χ1n) is 9.96. The molecule has 0 atom stereocenters. The zero-order valence-electron chi connectivity index (χ0n) is 17.4. The number of nitrogens with one attached hydrogen (secondary N) is 2. The molecule has 1 aliphatic heterocycles. The standard InChI is InChI=1S/C21H31N3O4S/c1-21(2,3)28-20(27)22-11-8-18(25)24-12-9-15(10-13-24)14-23-19(26)16-6-4-5-7-17(16)29/h4-7,15,29H,8-14H2,1-3H3,(H,22,27)(H,23,26). The van der Waals surface area contributed by atoms with E-state index < -0.39 is 11.7 Å². The Morgan fingerprint density at radius 2 is 1.79 bits per heavy atom. The van der Waals surface area contributed by atoms with E-state index in [0.717, 1.165) is 12.8 Å². The van der Waals surface area contributed by atoms with Crippen LogP contribution in [0.15, 0.2) is 29.2 Å². The van der Waals surface area contributed by atoms with Crippen LogP contribution in [0.3, 0.4) is 0 Å². The molecule has 0 bridgehead atoms. The second kappa shape index (κ2) is 10.5. The van der Waals surface area contributed by atoms with Gasteiger partial charge in [0.1, 0.15) is 5.60 Å². The fraction of sp³-hybridized carbons (Fsp3) is 0.571. The zero-order chi connectivity index (χ0) is 21.4. The van der Waals surface area contributed by atoms with Gasteiger partial charge in [-0.15, -0.1) is 12.6 Å². The minimum atomic E-state index is -0.555. The third-order valence-electron chi connectivity index (χ3n) is 4.67. The van der Waals surface area contributed by atoms with Gasteiger partial charge in [-0.1, -0.05) is 12.1 Å². The molecule has 1 heterocycles. The summed E-state index contributed by atoms with van der Waals surface area (Å²) < 4.78 is 5.15. The molecular formula is C21H31N3O4S. The van der Waals surface area contributed by atoms with E-state index in [-0.39, 0.29) is 24.8 Å². The maximum atomic E-state index is 12.3. The van der Waals surface area contributed by atoms with E-state index in [2.05, 4.69) is 23.3 Å². The van der Waals surface area contributed by atoms with Crippen LogP contribution >= 0.6 is 12.6 Å². The maximum absolute atomic E-state index is 12.3. The van der Waals surface area contributed by atoms with E-state index >= 15 is 0 Å². The highest BCUT2D eigenvalue weighted by atomic mass is 32.1. The number of piperidine rings is 1. The van der Waals surface area contributed by atoms with Crippen LogP contribution in [0, 0.1) is 5.92 Å². The lowest BCUT2D eigenvalue weighted by molar-refractivity contribution is -0.132. The van der Waals surface area contributed by atoms with Gasteiger partial charge in [0.2, 0.25) is 5.91 Å². The van der Waals surface area contributed by atoms with Crippen molar-refractivity contribution in [1.29, 1.82) is 0 Å². The van der Waals surface area contributed by atoms with E-state index in [4.69, 9.17) is 4.74 Å². The summed E-state index contributed by atoms with van der Waals surface area (Å²) in [6.07, 6.45) is 1.42. The number of carbonyl (C=O) groups excluding carboxylic acids is 3. The molecule has 1 saturated heterocycles. The molecular weight excluding hydrogens is 390 g/mol. The molecule has 0 aromatic heterocycles. The van der Waals surface area contributed by atoms with E-state index in [0.29, 0.717) is 36.0 Å². The van der Waals surface area contributed by atoms with Gasteiger partial charge in [-0.05, 0) is 51.7 Å². The lowest BCUT2D eigenvalue weighted by Crippen LogP contribution is -2.42. The summed E-state index contributed by atoms with van der Waals surface area (Å²) in [6, 6.07) is 7.20. The van der Waals surface area contributed by atoms with Crippen molar-refractivity contribution in [2.45, 2.75) is 50.5 Å². The molecule has 0 spiro atoms. The second-order valence-corrected chi connectivity index (χ2v) is 8.71. The second-order valence-electron chi connectivity index (χ2n) is 8.23. The van der Waals surface area contributed by atoms with Gasteiger partial charge in [-0.25, -0.2) is 4.79 Å². The van der Waals surface area contributed by atoms with Crippen molar-refractivity contribution >= 4 is 30.5 Å². The van der Waals surface area contributed by atoms with Crippen LogP contribution in [0.4, 0.5) is 4.79 Å². The Morgan fingerprint density at radius 3 is 2.41 bits per heavy atom. The smallest absolute Gasteiger partial charge is 0.407 e. The molecule has 1 aromatic rings. The monoisotopic (exact) mass is 421 g/mol. The van der Waals surface area contributed by atoms with Crippen LogP contribution < -0.4 is 10.6 Å². The normalized spacial score (nSPS) is 15.0. The van der Waals surface area contributed by atoms with Crippen LogP contribution in [0.5, 0.6) is 0 Å². The highest BCUT2D eigenvalue weighted by molar-refractivity contribution is 7.80. The van der Waals surface area contributed by atoms with Gasteiger partial charge in [-0.3, -0.25) is 9.59 Å². The van der Waals surface area contributed by atoms with Gasteiger partial charge in [0.15, 0.2) is 0 Å². The number of nitrogens with zero attached hydrogens (tertiary/aromatic N) is 1. The Balaban J connectivity index is 1.65. The van der Waals surface area contributed by atoms with Crippen LogP contribution in [-0.2, 0) is 9.53 Å². The first kappa shape index (κ1) is 23.1. The quantitative estimate of drug-likeness (QED) is 0.617. The molecule has 160 valence electrons. The molecule has 7 nitrogen and oxygen atoms in total. The molecule has 2 N–H and O–H groups in total. The minimum Gasteiger partial charge on any atom is -0.444 e. The van der Waals surface area contributed by atoms with Gasteiger partial charge in [0.25, 0.3) is 5.91 Å². The van der Waals surface area contributed by atoms with Crippen LogP contribution in [0.1, 0.15) is 50.4 Å². The lowest BCUT2D eigenvalue weighted by atomic mass is 9.96. The molecule has 3 amide bonds. The Hall–Kier alpha value is -2.22. The van der Waals surface area contributed by atoms with Crippen molar-refractivity contribution in [2.24, 2.45) is 5.92 Å². The molecule has 1 aromatic carbocycles.